The molecule has 2 unspecified atom stereocenters. The lowest BCUT2D eigenvalue weighted by molar-refractivity contribution is -0.141. The van der Waals surface area contributed by atoms with Gasteiger partial charge in [-0.15, -0.1) is 0 Å². The van der Waals surface area contributed by atoms with Crippen molar-refractivity contribution in [2.75, 3.05) is 0 Å². The van der Waals surface area contributed by atoms with Crippen LogP contribution >= 0.6 is 0 Å². The number of aromatic nitrogens is 1. The molecular weight excluding hydrogens is 357 g/mol. The van der Waals surface area contributed by atoms with Crippen LogP contribution in [0.4, 0.5) is 13.2 Å². The second-order valence-electron chi connectivity index (χ2n) is 6.74. The molecule has 1 heterocycles. The molecule has 3 rings (SSSR count). The zero-order valence-corrected chi connectivity index (χ0v) is 14.7. The van der Waals surface area contributed by atoms with Crippen LogP contribution in [-0.4, -0.2) is 22.1 Å². The summed E-state index contributed by atoms with van der Waals surface area (Å²) in [7, 11) is 0. The van der Waals surface area contributed by atoms with Gasteiger partial charge in [0.05, 0.1) is 23.8 Å². The average Bonchev–Trinajstić information content (AvgIpc) is 2.66. The molecule has 0 radical (unpaired) electrons. The molecule has 0 fully saturated rings. The summed E-state index contributed by atoms with van der Waals surface area (Å²) in [4.78, 5) is 28.7. The number of rotatable bonds is 4. The number of benzene rings is 1. The van der Waals surface area contributed by atoms with Crippen molar-refractivity contribution in [3.8, 4) is 0 Å². The summed E-state index contributed by atoms with van der Waals surface area (Å²) < 4.78 is 38.1. The van der Waals surface area contributed by atoms with Gasteiger partial charge in [-0.1, -0.05) is 31.2 Å². The monoisotopic (exact) mass is 376 g/mol. The number of amides is 1. The Bertz CT molecular complexity index is 834. The van der Waals surface area contributed by atoms with Crippen molar-refractivity contribution in [2.24, 2.45) is 0 Å². The van der Waals surface area contributed by atoms with E-state index in [2.05, 4.69) is 11.9 Å². The molecule has 2 atom stereocenters. The number of carbonyl (C=O) groups excluding carboxylic acids is 2. The summed E-state index contributed by atoms with van der Waals surface area (Å²) in [5.74, 6) is -0.360. The molecule has 142 valence electrons. The Labute approximate surface area is 155 Å². The lowest BCUT2D eigenvalue weighted by Crippen LogP contribution is -2.37. The van der Waals surface area contributed by atoms with Crippen LogP contribution in [0, 0.1) is 0 Å². The molecule has 4 nitrogen and oxygen atoms in total. The van der Waals surface area contributed by atoms with Crippen molar-refractivity contribution >= 4 is 12.2 Å². The van der Waals surface area contributed by atoms with Gasteiger partial charge in [-0.25, -0.2) is 0 Å². The van der Waals surface area contributed by atoms with Gasteiger partial charge >= 0.3 is 6.18 Å². The minimum absolute atomic E-state index is 0.0247. The normalized spacial score (nSPS) is 19.3. The Balaban J connectivity index is 1.91. The second-order valence-corrected chi connectivity index (χ2v) is 6.74. The van der Waals surface area contributed by atoms with Crippen molar-refractivity contribution in [1.29, 1.82) is 0 Å². The second kappa shape index (κ2) is 7.50. The smallest absolute Gasteiger partial charge is 0.323 e. The van der Waals surface area contributed by atoms with E-state index in [9.17, 15) is 22.8 Å². The van der Waals surface area contributed by atoms with Crippen molar-refractivity contribution < 1.29 is 22.8 Å². The van der Waals surface area contributed by atoms with Crippen LogP contribution in [-0.2, 0) is 22.3 Å². The third-order valence-electron chi connectivity index (χ3n) is 5.00. The van der Waals surface area contributed by atoms with E-state index in [1.165, 1.54) is 11.0 Å². The van der Waals surface area contributed by atoms with Gasteiger partial charge < -0.3 is 4.90 Å². The molecule has 1 aromatic heterocycles. The number of hydrogen-bond acceptors (Lipinski definition) is 3. The van der Waals surface area contributed by atoms with Crippen molar-refractivity contribution in [1.82, 2.24) is 9.88 Å². The largest absolute Gasteiger partial charge is 0.417 e. The van der Waals surface area contributed by atoms with Crippen LogP contribution in [0.25, 0.3) is 0 Å². The summed E-state index contributed by atoms with van der Waals surface area (Å²) >= 11 is 0. The van der Waals surface area contributed by atoms with E-state index >= 15 is 0 Å². The first-order valence-corrected chi connectivity index (χ1v) is 8.68. The van der Waals surface area contributed by atoms with E-state index in [1.807, 2.05) is 24.3 Å². The highest BCUT2D eigenvalue weighted by Crippen LogP contribution is 2.40. The Kier molecular flexibility index (Phi) is 5.30. The summed E-state index contributed by atoms with van der Waals surface area (Å²) in [6, 6.07) is 9.62. The summed E-state index contributed by atoms with van der Waals surface area (Å²) in [6.45, 7) is 2.08. The molecule has 7 heteroatoms. The van der Waals surface area contributed by atoms with Crippen molar-refractivity contribution in [2.45, 2.75) is 44.4 Å². The molecule has 0 saturated heterocycles. The van der Waals surface area contributed by atoms with Crippen molar-refractivity contribution in [3.05, 3.63) is 65.0 Å². The summed E-state index contributed by atoms with van der Waals surface area (Å²) in [6.07, 6.45) is -1.95. The standard InChI is InChI=1S/C20H19F3N2O2/c1-13-6-9-18(17-5-3-2-4-16(13)17)25(19(27)12-26)11-15-8-7-14(10-24-15)20(21,22)23/h2-5,7-8,10,12-13,18H,6,9,11H2,1H3. The third-order valence-corrected chi connectivity index (χ3v) is 5.00. The predicted octanol–water partition coefficient (Wildman–Crippen LogP) is 4.27. The van der Waals surface area contributed by atoms with Gasteiger partial charge in [-0.3, -0.25) is 14.6 Å². The number of carbonyl (C=O) groups is 2. The van der Waals surface area contributed by atoms with Crippen molar-refractivity contribution in [3.63, 3.8) is 0 Å². The van der Waals surface area contributed by atoms with Gasteiger partial charge in [0.2, 0.25) is 6.29 Å². The fourth-order valence-corrected chi connectivity index (χ4v) is 3.58. The number of pyridine rings is 1. The topological polar surface area (TPSA) is 50.3 Å². The molecule has 1 amide bonds. The Morgan fingerprint density at radius 3 is 2.48 bits per heavy atom. The molecule has 0 N–H and O–H groups in total. The van der Waals surface area contributed by atoms with E-state index in [4.69, 9.17) is 0 Å². The fourth-order valence-electron chi connectivity index (χ4n) is 3.58. The molecule has 0 saturated carbocycles. The Hall–Kier alpha value is -2.70. The molecule has 0 spiro atoms. The van der Waals surface area contributed by atoms with Crippen LogP contribution < -0.4 is 0 Å². The molecular formula is C20H19F3N2O2. The van der Waals surface area contributed by atoms with E-state index in [0.717, 1.165) is 29.8 Å². The first kappa shape index (κ1) is 19.1. The van der Waals surface area contributed by atoms with E-state index in [1.54, 1.807) is 0 Å². The van der Waals surface area contributed by atoms with E-state index in [0.29, 0.717) is 18.0 Å². The number of halogens is 3. The highest BCUT2D eigenvalue weighted by Gasteiger charge is 2.33. The van der Waals surface area contributed by atoms with Crippen LogP contribution in [0.2, 0.25) is 0 Å². The first-order valence-electron chi connectivity index (χ1n) is 8.68. The molecule has 1 aromatic carbocycles. The third kappa shape index (κ3) is 4.02. The summed E-state index contributed by atoms with van der Waals surface area (Å²) in [5.41, 5.74) is 1.54. The van der Waals surface area contributed by atoms with Crippen LogP contribution in [0.15, 0.2) is 42.6 Å². The molecule has 0 bridgehead atoms. The number of fused-ring (bicyclic) bond motifs is 1. The number of nitrogens with zero attached hydrogens (tertiary/aromatic N) is 2. The fraction of sp³-hybridized carbons (Fsp3) is 0.350. The summed E-state index contributed by atoms with van der Waals surface area (Å²) in [5, 5.41) is 0. The van der Waals surface area contributed by atoms with E-state index in [-0.39, 0.29) is 18.9 Å². The molecule has 2 aromatic rings. The van der Waals surface area contributed by atoms with Gasteiger partial charge in [0, 0.05) is 6.20 Å². The minimum Gasteiger partial charge on any atom is -0.323 e. The van der Waals surface area contributed by atoms with Crippen LogP contribution in [0.3, 0.4) is 0 Å². The maximum Gasteiger partial charge on any atom is 0.417 e. The number of hydrogen-bond donors (Lipinski definition) is 0. The SMILES string of the molecule is CC1CCC(N(Cc2ccc(C(F)(F)F)cn2)C(=O)C=O)c2ccccc21. The van der Waals surface area contributed by atoms with Crippen LogP contribution in [0.1, 0.15) is 54.1 Å². The maximum atomic E-state index is 12.7. The van der Waals surface area contributed by atoms with Gasteiger partial charge in [-0.05, 0) is 42.0 Å². The molecule has 1 aliphatic carbocycles. The zero-order valence-electron chi connectivity index (χ0n) is 14.7. The predicted molar refractivity (Wildman–Crippen MR) is 92.7 cm³/mol. The van der Waals surface area contributed by atoms with Crippen LogP contribution in [0.5, 0.6) is 0 Å². The first-order chi connectivity index (χ1) is 12.8. The number of aldehydes is 1. The van der Waals surface area contributed by atoms with E-state index < -0.39 is 17.6 Å². The molecule has 0 aliphatic heterocycles. The van der Waals surface area contributed by atoms with Gasteiger partial charge in [0.1, 0.15) is 0 Å². The lowest BCUT2D eigenvalue weighted by atomic mass is 9.80. The molecule has 27 heavy (non-hydrogen) atoms. The van der Waals surface area contributed by atoms with Gasteiger partial charge in [-0.2, -0.15) is 13.2 Å². The average molecular weight is 376 g/mol. The minimum atomic E-state index is -4.47. The van der Waals surface area contributed by atoms with Gasteiger partial charge in [0.15, 0.2) is 0 Å². The zero-order chi connectivity index (χ0) is 19.6. The van der Waals surface area contributed by atoms with Gasteiger partial charge in [0.25, 0.3) is 5.91 Å². The highest BCUT2D eigenvalue weighted by atomic mass is 19.4. The highest BCUT2D eigenvalue weighted by molar-refractivity contribution is 6.23. The maximum absolute atomic E-state index is 12.7. The Morgan fingerprint density at radius 1 is 1.19 bits per heavy atom. The Morgan fingerprint density at radius 2 is 1.89 bits per heavy atom. The number of alkyl halides is 3. The lowest BCUT2D eigenvalue weighted by Gasteiger charge is -2.37. The quantitative estimate of drug-likeness (QED) is 0.592. The molecule has 1 aliphatic rings.